The van der Waals surface area contributed by atoms with Crippen molar-refractivity contribution in [3.05, 3.63) is 48.3 Å². The van der Waals surface area contributed by atoms with Crippen LogP contribution in [0.15, 0.2) is 42.7 Å². The van der Waals surface area contributed by atoms with Crippen LogP contribution in [0.25, 0.3) is 5.65 Å². The maximum Gasteiger partial charge on any atom is 0.222 e. The first-order valence-electron chi connectivity index (χ1n) is 6.06. The minimum Gasteiger partial charge on any atom is -0.493 e. The number of benzene rings is 1. The Hall–Kier alpha value is -2.60. The van der Waals surface area contributed by atoms with Crippen LogP contribution in [-0.4, -0.2) is 26.8 Å². The van der Waals surface area contributed by atoms with E-state index < -0.39 is 0 Å². The topological polar surface area (TPSA) is 68.9 Å². The highest BCUT2D eigenvalue weighted by molar-refractivity contribution is 5.45. The highest BCUT2D eigenvalue weighted by Gasteiger charge is 2.08. The van der Waals surface area contributed by atoms with Crippen LogP contribution in [0.1, 0.15) is 5.56 Å². The second-order valence-corrected chi connectivity index (χ2v) is 4.15. The zero-order chi connectivity index (χ0) is 13.9. The minimum absolute atomic E-state index is 0.0450. The standard InChI is InChI=1S/C14H13N3O3/c1-19-12-8-10(9-18)2-3-11(12)20-14-5-7-17-13(16-14)4-6-15-17/h2-8,18H,9H2,1H3. The third kappa shape index (κ3) is 2.28. The molecule has 0 atom stereocenters. The fourth-order valence-electron chi connectivity index (χ4n) is 1.86. The number of fused-ring (bicyclic) bond motifs is 1. The molecule has 0 aliphatic heterocycles. The van der Waals surface area contributed by atoms with Gasteiger partial charge in [0.05, 0.1) is 19.9 Å². The van der Waals surface area contributed by atoms with Gasteiger partial charge in [-0.1, -0.05) is 6.07 Å². The summed E-state index contributed by atoms with van der Waals surface area (Å²) in [5, 5.41) is 13.2. The van der Waals surface area contributed by atoms with Gasteiger partial charge in [-0.2, -0.15) is 10.1 Å². The van der Waals surface area contributed by atoms with Crippen LogP contribution in [0.5, 0.6) is 17.4 Å². The first kappa shape index (κ1) is 12.4. The number of nitrogens with zero attached hydrogens (tertiary/aromatic N) is 3. The van der Waals surface area contributed by atoms with Crippen LogP contribution in [0.3, 0.4) is 0 Å². The van der Waals surface area contributed by atoms with E-state index in [1.807, 2.05) is 0 Å². The molecule has 0 radical (unpaired) electrons. The first-order valence-corrected chi connectivity index (χ1v) is 6.06. The molecule has 1 aromatic carbocycles. The Morgan fingerprint density at radius 1 is 1.20 bits per heavy atom. The summed E-state index contributed by atoms with van der Waals surface area (Å²) in [7, 11) is 1.55. The Kier molecular flexibility index (Phi) is 3.22. The maximum atomic E-state index is 9.11. The molecule has 3 rings (SSSR count). The van der Waals surface area contributed by atoms with Gasteiger partial charge in [-0.15, -0.1) is 0 Å². The third-order valence-electron chi connectivity index (χ3n) is 2.86. The van der Waals surface area contributed by atoms with Gasteiger partial charge in [0.1, 0.15) is 0 Å². The Morgan fingerprint density at radius 3 is 2.90 bits per heavy atom. The lowest BCUT2D eigenvalue weighted by atomic mass is 10.2. The van der Waals surface area contributed by atoms with Crippen molar-refractivity contribution in [1.29, 1.82) is 0 Å². The molecule has 0 saturated carbocycles. The molecule has 102 valence electrons. The van der Waals surface area contributed by atoms with Crippen LogP contribution in [0.4, 0.5) is 0 Å². The van der Waals surface area contributed by atoms with Crippen LogP contribution in [0, 0.1) is 0 Å². The molecule has 2 aromatic heterocycles. The SMILES string of the molecule is COc1cc(CO)ccc1Oc1ccn2nccc2n1. The van der Waals surface area contributed by atoms with Crippen molar-refractivity contribution in [2.75, 3.05) is 7.11 Å². The molecule has 0 aliphatic rings. The zero-order valence-corrected chi connectivity index (χ0v) is 10.9. The molecule has 0 fully saturated rings. The van der Waals surface area contributed by atoms with Crippen LogP contribution in [-0.2, 0) is 6.61 Å². The molecule has 0 unspecified atom stereocenters. The van der Waals surface area contributed by atoms with Crippen molar-refractivity contribution < 1.29 is 14.6 Å². The first-order chi connectivity index (χ1) is 9.80. The fraction of sp³-hybridized carbons (Fsp3) is 0.143. The number of aliphatic hydroxyl groups is 1. The third-order valence-corrected chi connectivity index (χ3v) is 2.86. The molecule has 1 N–H and O–H groups in total. The molecular weight excluding hydrogens is 258 g/mol. The number of aromatic nitrogens is 3. The molecule has 2 heterocycles. The van der Waals surface area contributed by atoms with Gasteiger partial charge in [0, 0.05) is 18.3 Å². The van der Waals surface area contributed by atoms with Gasteiger partial charge in [-0.3, -0.25) is 0 Å². The Labute approximate surface area is 115 Å². The largest absolute Gasteiger partial charge is 0.493 e. The summed E-state index contributed by atoms with van der Waals surface area (Å²) in [6, 6.07) is 8.76. The number of rotatable bonds is 4. The van der Waals surface area contributed by atoms with Gasteiger partial charge >= 0.3 is 0 Å². The normalized spacial score (nSPS) is 10.7. The zero-order valence-electron chi connectivity index (χ0n) is 10.9. The maximum absolute atomic E-state index is 9.11. The lowest BCUT2D eigenvalue weighted by molar-refractivity contribution is 0.280. The van der Waals surface area contributed by atoms with Crippen molar-refractivity contribution in [2.45, 2.75) is 6.61 Å². The summed E-state index contributed by atoms with van der Waals surface area (Å²) < 4.78 is 12.6. The Balaban J connectivity index is 1.93. The van der Waals surface area contributed by atoms with E-state index >= 15 is 0 Å². The quantitative estimate of drug-likeness (QED) is 0.786. The Morgan fingerprint density at radius 2 is 2.10 bits per heavy atom. The molecule has 20 heavy (non-hydrogen) atoms. The van der Waals surface area contributed by atoms with E-state index in [4.69, 9.17) is 14.6 Å². The number of methoxy groups -OCH3 is 1. The highest BCUT2D eigenvalue weighted by Crippen LogP contribution is 2.31. The predicted octanol–water partition coefficient (Wildman–Crippen LogP) is 2.02. The van der Waals surface area contributed by atoms with Gasteiger partial charge < -0.3 is 14.6 Å². The molecule has 0 aliphatic carbocycles. The smallest absolute Gasteiger partial charge is 0.222 e. The summed E-state index contributed by atoms with van der Waals surface area (Å²) in [6.07, 6.45) is 3.44. The van der Waals surface area contributed by atoms with Crippen molar-refractivity contribution >= 4 is 5.65 Å². The van der Waals surface area contributed by atoms with Crippen LogP contribution < -0.4 is 9.47 Å². The summed E-state index contributed by atoms with van der Waals surface area (Å²) >= 11 is 0. The van der Waals surface area contributed by atoms with E-state index in [9.17, 15) is 0 Å². The molecule has 3 aromatic rings. The van der Waals surface area contributed by atoms with Crippen LogP contribution in [0.2, 0.25) is 0 Å². The Bertz CT molecular complexity index is 739. The summed E-state index contributed by atoms with van der Waals surface area (Å²) in [6.45, 7) is -0.0450. The van der Waals surface area contributed by atoms with E-state index in [1.165, 1.54) is 0 Å². The minimum atomic E-state index is -0.0450. The van der Waals surface area contributed by atoms with E-state index in [2.05, 4.69) is 10.1 Å². The molecule has 0 amide bonds. The van der Waals surface area contributed by atoms with Gasteiger partial charge in [-0.05, 0) is 17.7 Å². The fourth-order valence-corrected chi connectivity index (χ4v) is 1.86. The average Bonchev–Trinajstić information content (AvgIpc) is 2.95. The molecular formula is C14H13N3O3. The van der Waals surface area contributed by atoms with Crippen molar-refractivity contribution in [3.8, 4) is 17.4 Å². The van der Waals surface area contributed by atoms with Gasteiger partial charge in [0.15, 0.2) is 17.1 Å². The van der Waals surface area contributed by atoms with Crippen molar-refractivity contribution in [2.24, 2.45) is 0 Å². The molecule has 6 nitrogen and oxygen atoms in total. The highest BCUT2D eigenvalue weighted by atomic mass is 16.5. The average molecular weight is 271 g/mol. The number of hydrogen-bond acceptors (Lipinski definition) is 5. The summed E-state index contributed by atoms with van der Waals surface area (Å²) in [4.78, 5) is 4.32. The van der Waals surface area contributed by atoms with Crippen LogP contribution >= 0.6 is 0 Å². The van der Waals surface area contributed by atoms with E-state index in [0.29, 0.717) is 23.0 Å². The van der Waals surface area contributed by atoms with Gasteiger partial charge in [-0.25, -0.2) is 4.52 Å². The lowest BCUT2D eigenvalue weighted by Gasteiger charge is -2.10. The molecule has 0 saturated heterocycles. The second-order valence-electron chi connectivity index (χ2n) is 4.15. The van der Waals surface area contributed by atoms with Crippen molar-refractivity contribution in [1.82, 2.24) is 14.6 Å². The number of ether oxygens (including phenoxy) is 2. The number of aliphatic hydroxyl groups excluding tert-OH is 1. The predicted molar refractivity (Wildman–Crippen MR) is 72.0 cm³/mol. The van der Waals surface area contributed by atoms with Gasteiger partial charge in [0.2, 0.25) is 5.88 Å². The summed E-state index contributed by atoms with van der Waals surface area (Å²) in [5.74, 6) is 1.54. The number of hydrogen-bond donors (Lipinski definition) is 1. The van der Waals surface area contributed by atoms with E-state index in [0.717, 1.165) is 5.56 Å². The van der Waals surface area contributed by atoms with Crippen molar-refractivity contribution in [3.63, 3.8) is 0 Å². The second kappa shape index (κ2) is 5.18. The van der Waals surface area contributed by atoms with E-state index in [1.54, 1.807) is 54.4 Å². The molecule has 6 heteroatoms. The van der Waals surface area contributed by atoms with Gasteiger partial charge in [0.25, 0.3) is 0 Å². The molecule has 0 bridgehead atoms. The summed E-state index contributed by atoms with van der Waals surface area (Å²) in [5.41, 5.74) is 1.46. The molecule has 0 spiro atoms. The lowest BCUT2D eigenvalue weighted by Crippen LogP contribution is -1.96. The monoisotopic (exact) mass is 271 g/mol. The van der Waals surface area contributed by atoms with E-state index in [-0.39, 0.29) is 6.61 Å².